The summed E-state index contributed by atoms with van der Waals surface area (Å²) in [7, 11) is -3.38. The molecule has 0 unspecified atom stereocenters. The van der Waals surface area contributed by atoms with Crippen molar-refractivity contribution >= 4 is 60.6 Å². The number of anilines is 1. The Labute approximate surface area is 228 Å². The van der Waals surface area contributed by atoms with Gasteiger partial charge in [0.1, 0.15) is 5.82 Å². The zero-order valence-corrected chi connectivity index (χ0v) is 23.2. The van der Waals surface area contributed by atoms with Crippen molar-refractivity contribution in [3.8, 4) is 11.3 Å². The lowest BCUT2D eigenvalue weighted by atomic mass is 9.98. The number of rotatable bonds is 7. The quantitative estimate of drug-likeness (QED) is 0.273. The summed E-state index contributed by atoms with van der Waals surface area (Å²) in [5, 5.41) is 9.18. The van der Waals surface area contributed by atoms with Crippen LogP contribution in [0.2, 0.25) is 10.0 Å². The number of nitrogens with one attached hydrogen (secondary N) is 1. The Morgan fingerprint density at radius 1 is 1.06 bits per heavy atom. The number of fused-ring (bicyclic) bond motifs is 1. The van der Waals surface area contributed by atoms with Crippen LogP contribution >= 0.6 is 39.1 Å². The highest BCUT2D eigenvalue weighted by molar-refractivity contribution is 9.10. The van der Waals surface area contributed by atoms with Gasteiger partial charge >= 0.3 is 0 Å². The molecule has 1 saturated heterocycles. The monoisotopic (exact) mass is 607 g/mol. The molecule has 188 valence electrons. The van der Waals surface area contributed by atoms with Gasteiger partial charge in [0.2, 0.25) is 10.0 Å². The SMILES string of the molecule is O=S(=O)(Cc1ccc(Cl)cc1)N1CCC(CNc2cc(-c3ccccc3Cl)nc3c(Br)cnn23)CC1. The van der Waals surface area contributed by atoms with Crippen LogP contribution in [0.5, 0.6) is 0 Å². The lowest BCUT2D eigenvalue weighted by Gasteiger charge is -2.31. The van der Waals surface area contributed by atoms with E-state index in [4.69, 9.17) is 28.2 Å². The standard InChI is InChI=1S/C25H24BrCl2N5O2S/c26-21-15-30-33-24(13-23(31-25(21)33)20-3-1-2-4-22(20)28)29-14-17-9-11-32(12-10-17)36(34,35)16-18-5-7-19(27)8-6-18/h1-8,13,15,17,29H,9-12,14,16H2. The first kappa shape index (κ1) is 25.5. The van der Waals surface area contributed by atoms with E-state index in [0.717, 1.165) is 40.0 Å². The maximum absolute atomic E-state index is 12.9. The molecule has 36 heavy (non-hydrogen) atoms. The van der Waals surface area contributed by atoms with E-state index in [2.05, 4.69) is 26.3 Å². The zero-order valence-electron chi connectivity index (χ0n) is 19.2. The summed E-state index contributed by atoms with van der Waals surface area (Å²) < 4.78 is 30.0. The van der Waals surface area contributed by atoms with Crippen molar-refractivity contribution < 1.29 is 8.42 Å². The van der Waals surface area contributed by atoms with Crippen molar-refractivity contribution in [2.75, 3.05) is 25.0 Å². The summed E-state index contributed by atoms with van der Waals surface area (Å²) in [6.45, 7) is 1.71. The fraction of sp³-hybridized carbons (Fsp3) is 0.280. The molecule has 0 saturated carbocycles. The molecular weight excluding hydrogens is 585 g/mol. The van der Waals surface area contributed by atoms with E-state index in [9.17, 15) is 8.42 Å². The molecule has 0 bridgehead atoms. The van der Waals surface area contributed by atoms with Crippen LogP contribution in [0.25, 0.3) is 16.9 Å². The molecule has 0 radical (unpaired) electrons. The van der Waals surface area contributed by atoms with Gasteiger partial charge in [0.05, 0.1) is 22.1 Å². The maximum Gasteiger partial charge on any atom is 0.218 e. The summed E-state index contributed by atoms with van der Waals surface area (Å²) in [4.78, 5) is 4.75. The number of piperidine rings is 1. The first-order chi connectivity index (χ1) is 17.3. The lowest BCUT2D eigenvalue weighted by molar-refractivity contribution is 0.282. The molecule has 2 aromatic carbocycles. The van der Waals surface area contributed by atoms with E-state index in [1.165, 1.54) is 0 Å². The average Bonchev–Trinajstić information content (AvgIpc) is 3.25. The molecule has 0 aliphatic carbocycles. The van der Waals surface area contributed by atoms with Gasteiger partial charge in [0.15, 0.2) is 5.65 Å². The molecule has 4 aromatic rings. The van der Waals surface area contributed by atoms with Crippen LogP contribution < -0.4 is 5.32 Å². The Morgan fingerprint density at radius 2 is 1.78 bits per heavy atom. The molecule has 0 amide bonds. The number of aromatic nitrogens is 3. The molecule has 5 rings (SSSR count). The Balaban J connectivity index is 1.26. The first-order valence-corrected chi connectivity index (χ1v) is 14.7. The lowest BCUT2D eigenvalue weighted by Crippen LogP contribution is -2.40. The van der Waals surface area contributed by atoms with E-state index in [0.29, 0.717) is 41.2 Å². The molecule has 2 aromatic heterocycles. The predicted molar refractivity (Wildman–Crippen MR) is 148 cm³/mol. The van der Waals surface area contributed by atoms with Gasteiger partial charge in [-0.15, -0.1) is 0 Å². The highest BCUT2D eigenvalue weighted by Gasteiger charge is 2.28. The van der Waals surface area contributed by atoms with E-state index >= 15 is 0 Å². The van der Waals surface area contributed by atoms with Crippen LogP contribution in [-0.4, -0.2) is 47.0 Å². The third-order valence-electron chi connectivity index (χ3n) is 6.38. The Bertz CT molecular complexity index is 1490. The number of halogens is 3. The number of sulfonamides is 1. The molecule has 7 nitrogen and oxygen atoms in total. The topological polar surface area (TPSA) is 79.6 Å². The van der Waals surface area contributed by atoms with Gasteiger partial charge in [0, 0.05) is 41.3 Å². The van der Waals surface area contributed by atoms with Gasteiger partial charge in [-0.05, 0) is 58.5 Å². The van der Waals surface area contributed by atoms with Crippen molar-refractivity contribution in [2.24, 2.45) is 5.92 Å². The van der Waals surface area contributed by atoms with Gasteiger partial charge in [-0.3, -0.25) is 0 Å². The van der Waals surface area contributed by atoms with Gasteiger partial charge in [0.25, 0.3) is 0 Å². The summed E-state index contributed by atoms with van der Waals surface area (Å²) in [6, 6.07) is 16.5. The largest absolute Gasteiger partial charge is 0.370 e. The number of hydrogen-bond donors (Lipinski definition) is 1. The van der Waals surface area contributed by atoms with Gasteiger partial charge in [-0.25, -0.2) is 17.7 Å². The molecule has 0 spiro atoms. The normalized spacial score (nSPS) is 15.4. The Hall–Kier alpha value is -2.17. The molecule has 1 aliphatic rings. The second-order valence-corrected chi connectivity index (χ2v) is 12.5. The van der Waals surface area contributed by atoms with Crippen LogP contribution in [0.4, 0.5) is 5.82 Å². The van der Waals surface area contributed by atoms with Crippen LogP contribution in [-0.2, 0) is 15.8 Å². The Kier molecular flexibility index (Phi) is 7.55. The average molecular weight is 609 g/mol. The molecule has 1 fully saturated rings. The van der Waals surface area contributed by atoms with E-state index < -0.39 is 10.0 Å². The minimum atomic E-state index is -3.38. The van der Waals surface area contributed by atoms with Crippen molar-refractivity contribution in [3.05, 3.63) is 80.9 Å². The molecule has 1 aliphatic heterocycles. The van der Waals surface area contributed by atoms with E-state index in [1.807, 2.05) is 30.3 Å². The highest BCUT2D eigenvalue weighted by atomic mass is 79.9. The number of benzene rings is 2. The minimum Gasteiger partial charge on any atom is -0.370 e. The molecule has 11 heteroatoms. The fourth-order valence-electron chi connectivity index (χ4n) is 4.39. The number of nitrogens with zero attached hydrogens (tertiary/aromatic N) is 4. The van der Waals surface area contributed by atoms with Gasteiger partial charge < -0.3 is 5.32 Å². The smallest absolute Gasteiger partial charge is 0.218 e. The predicted octanol–water partition coefficient (Wildman–Crippen LogP) is 6.12. The third kappa shape index (κ3) is 5.55. The van der Waals surface area contributed by atoms with Crippen LogP contribution in [0.1, 0.15) is 18.4 Å². The zero-order chi connectivity index (χ0) is 25.3. The van der Waals surface area contributed by atoms with Crippen molar-refractivity contribution in [1.82, 2.24) is 18.9 Å². The van der Waals surface area contributed by atoms with Crippen molar-refractivity contribution in [3.63, 3.8) is 0 Å². The van der Waals surface area contributed by atoms with Crippen LogP contribution in [0, 0.1) is 5.92 Å². The summed E-state index contributed by atoms with van der Waals surface area (Å²) in [6.07, 6.45) is 3.27. The fourth-order valence-corrected chi connectivity index (χ4v) is 6.66. The third-order valence-corrected chi connectivity index (χ3v) is 9.37. The summed E-state index contributed by atoms with van der Waals surface area (Å²) in [5.41, 5.74) is 3.03. The minimum absolute atomic E-state index is 0.0128. The summed E-state index contributed by atoms with van der Waals surface area (Å²) >= 11 is 15.9. The molecule has 1 N–H and O–H groups in total. The molecule has 3 heterocycles. The Morgan fingerprint density at radius 3 is 2.50 bits per heavy atom. The number of hydrogen-bond acceptors (Lipinski definition) is 5. The second-order valence-electron chi connectivity index (χ2n) is 8.84. The van der Waals surface area contributed by atoms with E-state index in [1.54, 1.807) is 39.3 Å². The van der Waals surface area contributed by atoms with Gasteiger partial charge in [-0.2, -0.15) is 9.61 Å². The molecular formula is C25H24BrCl2N5O2S. The van der Waals surface area contributed by atoms with Gasteiger partial charge in [-0.1, -0.05) is 53.5 Å². The van der Waals surface area contributed by atoms with Crippen molar-refractivity contribution in [1.29, 1.82) is 0 Å². The van der Waals surface area contributed by atoms with Crippen LogP contribution in [0.15, 0.2) is 65.3 Å². The highest BCUT2D eigenvalue weighted by Crippen LogP contribution is 2.31. The van der Waals surface area contributed by atoms with E-state index in [-0.39, 0.29) is 5.75 Å². The maximum atomic E-state index is 12.9. The summed E-state index contributed by atoms with van der Waals surface area (Å²) in [5.74, 6) is 1.12. The second kappa shape index (κ2) is 10.7. The van der Waals surface area contributed by atoms with Crippen molar-refractivity contribution in [2.45, 2.75) is 18.6 Å². The molecule has 0 atom stereocenters. The first-order valence-electron chi connectivity index (χ1n) is 11.6. The van der Waals surface area contributed by atoms with Crippen LogP contribution in [0.3, 0.4) is 0 Å².